The first-order chi connectivity index (χ1) is 5.29. The summed E-state index contributed by atoms with van der Waals surface area (Å²) in [5, 5.41) is 0.206. The summed E-state index contributed by atoms with van der Waals surface area (Å²) in [5.74, 6) is 0. The molecule has 0 spiro atoms. The van der Waals surface area contributed by atoms with Crippen molar-refractivity contribution in [2.75, 3.05) is 0 Å². The molecule has 0 aromatic heterocycles. The lowest BCUT2D eigenvalue weighted by Gasteiger charge is -2.02. The number of benzene rings is 1. The first kappa shape index (κ1) is 8.47. The van der Waals surface area contributed by atoms with Crippen LogP contribution >= 0.6 is 11.6 Å². The van der Waals surface area contributed by atoms with E-state index in [1.165, 1.54) is 0 Å². The topological polar surface area (TPSA) is 0 Å². The van der Waals surface area contributed by atoms with Crippen molar-refractivity contribution in [3.63, 3.8) is 0 Å². The lowest BCUT2D eigenvalue weighted by atomic mass is 10.1. The predicted molar refractivity (Wildman–Crippen MR) is 41.1 cm³/mol. The summed E-state index contributed by atoms with van der Waals surface area (Å²) < 4.78 is 24.2. The molecule has 0 radical (unpaired) electrons. The third-order valence-electron chi connectivity index (χ3n) is 1.45. The highest BCUT2D eigenvalue weighted by Gasteiger charge is 2.03. The van der Waals surface area contributed by atoms with Gasteiger partial charge in [-0.05, 0) is 0 Å². The van der Waals surface area contributed by atoms with E-state index in [9.17, 15) is 8.78 Å². The molecule has 0 fully saturated rings. The summed E-state index contributed by atoms with van der Waals surface area (Å²) in [6.07, 6.45) is 0. The van der Waals surface area contributed by atoms with Gasteiger partial charge in [-0.2, -0.15) is 0 Å². The van der Waals surface area contributed by atoms with E-state index in [2.05, 4.69) is 0 Å². The molecule has 11 heavy (non-hydrogen) atoms. The van der Waals surface area contributed by atoms with Crippen molar-refractivity contribution in [1.29, 1.82) is 0 Å². The Morgan fingerprint density at radius 3 is 1.91 bits per heavy atom. The minimum Gasteiger partial charge on any atom is -0.246 e. The van der Waals surface area contributed by atoms with E-state index >= 15 is 0 Å². The maximum atomic E-state index is 12.1. The number of hydrogen-bond donors (Lipinski definition) is 0. The summed E-state index contributed by atoms with van der Waals surface area (Å²) in [4.78, 5) is 0. The normalized spacial score (nSPS) is 10.1. The molecule has 0 aliphatic heterocycles. The summed E-state index contributed by atoms with van der Waals surface area (Å²) in [5.41, 5.74) is 0.698. The minimum atomic E-state index is -0.646. The molecule has 0 unspecified atom stereocenters. The molecule has 0 atom stereocenters. The molecular weight excluding hydrogens is 170 g/mol. The van der Waals surface area contributed by atoms with Crippen molar-refractivity contribution in [1.82, 2.24) is 0 Å². The molecule has 1 aromatic rings. The molecule has 0 bridgehead atoms. The van der Waals surface area contributed by atoms with Gasteiger partial charge >= 0.3 is 0 Å². The molecule has 0 amide bonds. The van der Waals surface area contributed by atoms with Gasteiger partial charge in [0, 0.05) is 11.1 Å². The van der Waals surface area contributed by atoms with Crippen LogP contribution in [0.2, 0.25) is 5.02 Å². The number of halogens is 3. The maximum absolute atomic E-state index is 12.1. The average Bonchev–Trinajstić information content (AvgIpc) is 2.05. The van der Waals surface area contributed by atoms with Gasteiger partial charge in [0.15, 0.2) is 0 Å². The lowest BCUT2D eigenvalue weighted by molar-refractivity contribution is 0.475. The molecule has 1 aromatic carbocycles. The summed E-state index contributed by atoms with van der Waals surface area (Å²) >= 11 is 5.63. The van der Waals surface area contributed by atoms with E-state index in [-0.39, 0.29) is 5.02 Å². The van der Waals surface area contributed by atoms with Gasteiger partial charge in [-0.25, -0.2) is 8.78 Å². The fourth-order valence-electron chi connectivity index (χ4n) is 0.839. The largest absolute Gasteiger partial charge is 0.246 e. The van der Waals surface area contributed by atoms with E-state index in [1.807, 2.05) is 0 Å². The van der Waals surface area contributed by atoms with E-state index in [1.54, 1.807) is 18.2 Å². The Labute approximate surface area is 68.8 Å². The molecule has 1 rings (SSSR count). The highest BCUT2D eigenvalue weighted by atomic mass is 35.5. The van der Waals surface area contributed by atoms with Crippen LogP contribution in [0.25, 0.3) is 0 Å². The molecule has 60 valence electrons. The van der Waals surface area contributed by atoms with E-state index < -0.39 is 13.3 Å². The molecule has 3 heteroatoms. The van der Waals surface area contributed by atoms with Crippen LogP contribution in [0.5, 0.6) is 0 Å². The van der Waals surface area contributed by atoms with Crippen LogP contribution in [0.1, 0.15) is 11.1 Å². The Kier molecular flexibility index (Phi) is 2.83. The second-order valence-electron chi connectivity index (χ2n) is 2.16. The standard InChI is InChI=1S/C8H7ClF2/c9-8-6(4-10)2-1-3-7(8)5-11/h1-3H,4-5H2. The Balaban J connectivity index is 3.10. The van der Waals surface area contributed by atoms with Gasteiger partial charge in [-0.1, -0.05) is 29.8 Å². The number of alkyl halides is 2. The second kappa shape index (κ2) is 3.67. The van der Waals surface area contributed by atoms with Crippen LogP contribution in [0.15, 0.2) is 18.2 Å². The smallest absolute Gasteiger partial charge is 0.116 e. The summed E-state index contributed by atoms with van der Waals surface area (Å²) in [6.45, 7) is -1.29. The van der Waals surface area contributed by atoms with Gasteiger partial charge in [0.05, 0.1) is 5.02 Å². The van der Waals surface area contributed by atoms with Gasteiger partial charge in [0.25, 0.3) is 0 Å². The quantitative estimate of drug-likeness (QED) is 0.649. The first-order valence-corrected chi connectivity index (χ1v) is 3.55. The van der Waals surface area contributed by atoms with Crippen molar-refractivity contribution in [2.24, 2.45) is 0 Å². The van der Waals surface area contributed by atoms with Gasteiger partial charge in [-0.3, -0.25) is 0 Å². The molecule has 0 saturated carbocycles. The van der Waals surface area contributed by atoms with Crippen molar-refractivity contribution >= 4 is 11.6 Å². The van der Waals surface area contributed by atoms with Gasteiger partial charge in [0.2, 0.25) is 0 Å². The van der Waals surface area contributed by atoms with Crippen LogP contribution in [-0.4, -0.2) is 0 Å². The monoisotopic (exact) mass is 176 g/mol. The third-order valence-corrected chi connectivity index (χ3v) is 1.93. The Hall–Kier alpha value is -0.630. The molecule has 0 heterocycles. The first-order valence-electron chi connectivity index (χ1n) is 3.17. The predicted octanol–water partition coefficient (Wildman–Crippen LogP) is 3.28. The van der Waals surface area contributed by atoms with E-state index in [0.717, 1.165) is 0 Å². The van der Waals surface area contributed by atoms with Gasteiger partial charge in [-0.15, -0.1) is 0 Å². The van der Waals surface area contributed by atoms with Crippen LogP contribution in [0, 0.1) is 0 Å². The number of hydrogen-bond acceptors (Lipinski definition) is 0. The van der Waals surface area contributed by atoms with E-state index in [0.29, 0.717) is 11.1 Å². The highest BCUT2D eigenvalue weighted by molar-refractivity contribution is 6.32. The van der Waals surface area contributed by atoms with Crippen molar-refractivity contribution in [3.05, 3.63) is 34.3 Å². The fraction of sp³-hybridized carbons (Fsp3) is 0.250. The van der Waals surface area contributed by atoms with Crippen molar-refractivity contribution in [2.45, 2.75) is 13.3 Å². The third kappa shape index (κ3) is 1.69. The SMILES string of the molecule is FCc1cccc(CF)c1Cl. The summed E-state index contributed by atoms with van der Waals surface area (Å²) in [6, 6.07) is 4.68. The molecule has 0 aliphatic rings. The molecule has 0 nitrogen and oxygen atoms in total. The van der Waals surface area contributed by atoms with Gasteiger partial charge < -0.3 is 0 Å². The van der Waals surface area contributed by atoms with E-state index in [4.69, 9.17) is 11.6 Å². The zero-order valence-corrected chi connectivity index (χ0v) is 6.54. The summed E-state index contributed by atoms with van der Waals surface area (Å²) in [7, 11) is 0. The average molecular weight is 177 g/mol. The van der Waals surface area contributed by atoms with Crippen molar-refractivity contribution in [3.8, 4) is 0 Å². The molecule has 0 N–H and O–H groups in total. The van der Waals surface area contributed by atoms with Crippen molar-refractivity contribution < 1.29 is 8.78 Å². The van der Waals surface area contributed by atoms with Crippen LogP contribution < -0.4 is 0 Å². The Morgan fingerprint density at radius 1 is 1.09 bits per heavy atom. The zero-order valence-electron chi connectivity index (χ0n) is 5.78. The van der Waals surface area contributed by atoms with Crippen LogP contribution in [0.4, 0.5) is 8.78 Å². The Bertz CT molecular complexity index is 226. The molecule has 0 aliphatic carbocycles. The molecule has 0 saturated heterocycles. The van der Waals surface area contributed by atoms with Gasteiger partial charge in [0.1, 0.15) is 13.3 Å². The fourth-order valence-corrected chi connectivity index (χ4v) is 1.07. The van der Waals surface area contributed by atoms with Crippen LogP contribution in [-0.2, 0) is 13.3 Å². The highest BCUT2D eigenvalue weighted by Crippen LogP contribution is 2.22. The second-order valence-corrected chi connectivity index (χ2v) is 2.54. The zero-order chi connectivity index (χ0) is 8.27. The number of rotatable bonds is 2. The Morgan fingerprint density at radius 2 is 1.55 bits per heavy atom. The lowest BCUT2D eigenvalue weighted by Crippen LogP contribution is -1.86. The minimum absolute atomic E-state index is 0.206. The molecular formula is C8H7ClF2. The maximum Gasteiger partial charge on any atom is 0.116 e. The van der Waals surface area contributed by atoms with Crippen LogP contribution in [0.3, 0.4) is 0 Å².